The first-order chi connectivity index (χ1) is 15.7. The normalized spacial score (nSPS) is 18.9. The molecule has 1 aromatic heterocycles. The lowest BCUT2D eigenvalue weighted by Gasteiger charge is -2.36. The molecule has 0 saturated heterocycles. The average molecular weight is 540 g/mol. The van der Waals surface area contributed by atoms with Crippen molar-refractivity contribution >= 4 is 55.0 Å². The molecular formula is C18H25N3O10S3. The summed E-state index contributed by atoms with van der Waals surface area (Å²) in [7, 11) is -7.96. The molecule has 0 aliphatic carbocycles. The molecule has 13 nitrogen and oxygen atoms in total. The molecule has 0 spiro atoms. The van der Waals surface area contributed by atoms with Crippen LogP contribution in [0.15, 0.2) is 14.5 Å². The molecule has 0 aromatic carbocycles. The maximum absolute atomic E-state index is 12.8. The molecule has 1 aromatic rings. The van der Waals surface area contributed by atoms with Gasteiger partial charge in [0.15, 0.2) is 23.1 Å². The van der Waals surface area contributed by atoms with E-state index in [-0.39, 0.29) is 26.9 Å². The van der Waals surface area contributed by atoms with Gasteiger partial charge in [-0.2, -0.15) is 0 Å². The summed E-state index contributed by atoms with van der Waals surface area (Å²) in [5, 5.41) is 6.58. The Morgan fingerprint density at radius 2 is 1.88 bits per heavy atom. The van der Waals surface area contributed by atoms with Crippen LogP contribution in [0.4, 0.5) is 0 Å². The number of nitrogens with zero attached hydrogens (tertiary/aromatic N) is 1. The SMILES string of the molecule is CCN(C(=O)CNC(=O)COC(=O)COC(C)=O)[C@H]1C[C@H](C)S(=O)(=O)c2sc(S(N)(=O)=O)cc21. The quantitative estimate of drug-likeness (QED) is 0.370. The average Bonchev–Trinajstić information content (AvgIpc) is 3.20. The zero-order valence-corrected chi connectivity index (χ0v) is 21.0. The Hall–Kier alpha value is -2.56. The number of hydrogen-bond acceptors (Lipinski definition) is 11. The second kappa shape index (κ2) is 10.8. The lowest BCUT2D eigenvalue weighted by atomic mass is 10.0. The minimum absolute atomic E-state index is 0.0252. The van der Waals surface area contributed by atoms with Crippen LogP contribution in [-0.4, -0.2) is 77.0 Å². The largest absolute Gasteiger partial charge is 0.454 e. The van der Waals surface area contributed by atoms with Crippen LogP contribution in [0.5, 0.6) is 0 Å². The summed E-state index contributed by atoms with van der Waals surface area (Å²) < 4.78 is 57.6. The Bertz CT molecular complexity index is 1190. The highest BCUT2D eigenvalue weighted by molar-refractivity contribution is 7.95. The minimum atomic E-state index is -4.16. The summed E-state index contributed by atoms with van der Waals surface area (Å²) in [6, 6.07) is 0.414. The number of amides is 2. The fourth-order valence-electron chi connectivity index (χ4n) is 3.25. The number of primary sulfonamides is 1. The fourth-order valence-corrected chi connectivity index (χ4v) is 7.65. The number of nitrogens with two attached hydrogens (primary N) is 1. The Morgan fingerprint density at radius 1 is 1.24 bits per heavy atom. The monoisotopic (exact) mass is 539 g/mol. The molecule has 2 rings (SSSR count). The summed E-state index contributed by atoms with van der Waals surface area (Å²) in [5.41, 5.74) is 0.160. The molecule has 1 aliphatic rings. The van der Waals surface area contributed by atoms with Crippen LogP contribution in [0.25, 0.3) is 0 Å². The third-order valence-electron chi connectivity index (χ3n) is 4.92. The molecule has 2 amide bonds. The fraction of sp³-hybridized carbons (Fsp3) is 0.556. The number of carbonyl (C=O) groups is 4. The Morgan fingerprint density at radius 3 is 2.44 bits per heavy atom. The third-order valence-corrected chi connectivity index (χ3v) is 10.2. The van der Waals surface area contributed by atoms with Crippen molar-refractivity contribution in [1.82, 2.24) is 10.2 Å². The molecule has 16 heteroatoms. The van der Waals surface area contributed by atoms with Crippen LogP contribution in [0, 0.1) is 0 Å². The number of carbonyl (C=O) groups excluding carboxylic acids is 4. The van der Waals surface area contributed by atoms with Gasteiger partial charge in [0.05, 0.1) is 17.8 Å². The number of thiophene rings is 1. The number of esters is 2. The molecule has 0 saturated carbocycles. The van der Waals surface area contributed by atoms with Crippen LogP contribution >= 0.6 is 11.3 Å². The number of likely N-dealkylation sites (N-methyl/N-ethyl adjacent to an activating group) is 1. The zero-order chi connectivity index (χ0) is 25.8. The number of sulfonamides is 1. The van der Waals surface area contributed by atoms with Gasteiger partial charge in [-0.25, -0.2) is 26.8 Å². The first kappa shape index (κ1) is 27.7. The number of ether oxygens (including phenoxy) is 2. The number of nitrogens with one attached hydrogen (secondary N) is 1. The maximum Gasteiger partial charge on any atom is 0.344 e. The smallest absolute Gasteiger partial charge is 0.344 e. The maximum atomic E-state index is 12.8. The zero-order valence-electron chi connectivity index (χ0n) is 18.6. The van der Waals surface area contributed by atoms with Crippen molar-refractivity contribution in [2.45, 2.75) is 46.9 Å². The van der Waals surface area contributed by atoms with Crippen molar-refractivity contribution in [3.05, 3.63) is 11.6 Å². The van der Waals surface area contributed by atoms with Crippen LogP contribution < -0.4 is 10.5 Å². The van der Waals surface area contributed by atoms with Crippen LogP contribution in [-0.2, 0) is 48.5 Å². The van der Waals surface area contributed by atoms with Gasteiger partial charge < -0.3 is 19.7 Å². The molecule has 1 aliphatic heterocycles. The van der Waals surface area contributed by atoms with Crippen molar-refractivity contribution in [1.29, 1.82) is 0 Å². The Labute approximate surface area is 200 Å². The second-order valence-corrected chi connectivity index (χ2v) is 12.8. The summed E-state index contributed by atoms with van der Waals surface area (Å²) in [5.74, 6) is -2.98. The molecule has 0 unspecified atom stereocenters. The predicted molar refractivity (Wildman–Crippen MR) is 118 cm³/mol. The molecule has 0 bridgehead atoms. The van der Waals surface area contributed by atoms with Crippen molar-refractivity contribution < 1.29 is 45.5 Å². The summed E-state index contributed by atoms with van der Waals surface area (Å²) in [6.45, 7) is 2.52. The molecule has 3 N–H and O–H groups in total. The minimum Gasteiger partial charge on any atom is -0.454 e. The summed E-state index contributed by atoms with van der Waals surface area (Å²) >= 11 is 0.541. The topological polar surface area (TPSA) is 196 Å². The Balaban J connectivity index is 2.12. The van der Waals surface area contributed by atoms with E-state index in [4.69, 9.17) is 5.14 Å². The standard InChI is InChI=1S/C18H25N3O10S3/c1-4-21(15(24)7-20-14(23)8-31-16(25)9-30-11(3)22)13-5-10(2)33(26,27)18-12(13)6-17(32-18)34(19,28)29/h6,10,13H,4-5,7-9H2,1-3H3,(H,20,23)(H2,19,28,29)/t10-,13-/m0/s1. The van der Waals surface area contributed by atoms with Crippen molar-refractivity contribution in [3.8, 4) is 0 Å². The molecule has 0 radical (unpaired) electrons. The van der Waals surface area contributed by atoms with Gasteiger partial charge in [-0.1, -0.05) is 0 Å². The van der Waals surface area contributed by atoms with Gasteiger partial charge in [-0.15, -0.1) is 11.3 Å². The van der Waals surface area contributed by atoms with E-state index in [0.717, 1.165) is 6.92 Å². The molecular weight excluding hydrogens is 514 g/mol. The van der Waals surface area contributed by atoms with Gasteiger partial charge in [-0.05, 0) is 26.3 Å². The van der Waals surface area contributed by atoms with Gasteiger partial charge in [-0.3, -0.25) is 14.4 Å². The van der Waals surface area contributed by atoms with Gasteiger partial charge in [0.1, 0.15) is 8.42 Å². The van der Waals surface area contributed by atoms with E-state index in [1.165, 1.54) is 17.9 Å². The first-order valence-electron chi connectivity index (χ1n) is 9.94. The number of fused-ring (bicyclic) bond motifs is 1. The molecule has 190 valence electrons. The van der Waals surface area contributed by atoms with E-state index in [1.807, 2.05) is 0 Å². The summed E-state index contributed by atoms with van der Waals surface area (Å²) in [4.78, 5) is 48.1. The third kappa shape index (κ3) is 6.52. The van der Waals surface area contributed by atoms with E-state index >= 15 is 0 Å². The van der Waals surface area contributed by atoms with E-state index in [9.17, 15) is 36.0 Å². The van der Waals surface area contributed by atoms with Gasteiger partial charge in [0.25, 0.3) is 5.91 Å². The second-order valence-electron chi connectivity index (χ2n) is 7.36. The highest BCUT2D eigenvalue weighted by Crippen LogP contribution is 2.44. The van der Waals surface area contributed by atoms with Crippen molar-refractivity contribution in [3.63, 3.8) is 0 Å². The molecule has 2 heterocycles. The van der Waals surface area contributed by atoms with E-state index in [1.54, 1.807) is 6.92 Å². The van der Waals surface area contributed by atoms with Crippen LogP contribution in [0.1, 0.15) is 38.8 Å². The van der Waals surface area contributed by atoms with Crippen molar-refractivity contribution in [2.75, 3.05) is 26.3 Å². The molecule has 2 atom stereocenters. The van der Waals surface area contributed by atoms with Gasteiger partial charge >= 0.3 is 11.9 Å². The molecule has 34 heavy (non-hydrogen) atoms. The van der Waals surface area contributed by atoms with Crippen LogP contribution in [0.2, 0.25) is 0 Å². The number of hydrogen-bond donors (Lipinski definition) is 2. The van der Waals surface area contributed by atoms with E-state index in [0.29, 0.717) is 11.3 Å². The molecule has 0 fully saturated rings. The Kier molecular flexibility index (Phi) is 8.79. The van der Waals surface area contributed by atoms with E-state index in [2.05, 4.69) is 14.8 Å². The highest BCUT2D eigenvalue weighted by atomic mass is 32.3. The number of sulfone groups is 1. The first-order valence-corrected chi connectivity index (χ1v) is 13.8. The van der Waals surface area contributed by atoms with E-state index < -0.39 is 74.7 Å². The van der Waals surface area contributed by atoms with Gasteiger partial charge in [0, 0.05) is 19.0 Å². The predicted octanol–water partition coefficient (Wildman–Crippen LogP) is -0.926. The van der Waals surface area contributed by atoms with Gasteiger partial charge in [0.2, 0.25) is 15.9 Å². The highest BCUT2D eigenvalue weighted by Gasteiger charge is 2.42. The lowest BCUT2D eigenvalue weighted by Crippen LogP contribution is -2.45. The lowest BCUT2D eigenvalue weighted by molar-refractivity contribution is -0.159. The number of rotatable bonds is 9. The van der Waals surface area contributed by atoms with Crippen molar-refractivity contribution in [2.24, 2.45) is 5.14 Å². The van der Waals surface area contributed by atoms with Crippen LogP contribution in [0.3, 0.4) is 0 Å². The summed E-state index contributed by atoms with van der Waals surface area (Å²) in [6.07, 6.45) is 0.0252.